The minimum atomic E-state index is -5.19. The van der Waals surface area contributed by atoms with E-state index in [9.17, 15) is 18.0 Å². The number of pyridine rings is 1. The molecule has 2 fully saturated rings. The summed E-state index contributed by atoms with van der Waals surface area (Å²) in [5.41, 5.74) is 2.65. The van der Waals surface area contributed by atoms with Crippen LogP contribution in [0, 0.1) is 0 Å². The number of carbonyl (C=O) groups is 2. The predicted molar refractivity (Wildman–Crippen MR) is 102 cm³/mol. The van der Waals surface area contributed by atoms with Crippen LogP contribution in [-0.2, 0) is 10.3 Å². The van der Waals surface area contributed by atoms with E-state index in [2.05, 4.69) is 26.8 Å². The molecule has 31 heavy (non-hydrogen) atoms. The fraction of sp³-hybridized carbons (Fsp3) is 0.318. The topological polar surface area (TPSA) is 89.1 Å². The maximum atomic E-state index is 13.0. The number of rotatable bonds is 4. The normalized spacial score (nSPS) is 16.9. The van der Waals surface area contributed by atoms with E-state index in [1.54, 1.807) is 0 Å². The molecule has 3 aromatic rings. The van der Waals surface area contributed by atoms with Crippen LogP contribution in [0.1, 0.15) is 53.5 Å². The zero-order chi connectivity index (χ0) is 22.2. The van der Waals surface area contributed by atoms with Gasteiger partial charge in [0.05, 0.1) is 17.7 Å². The lowest BCUT2D eigenvalue weighted by Gasteiger charge is -2.16. The summed E-state index contributed by atoms with van der Waals surface area (Å²) >= 11 is 0. The summed E-state index contributed by atoms with van der Waals surface area (Å²) in [5.74, 6) is -1.30. The third-order valence-electron chi connectivity index (χ3n) is 5.48. The van der Waals surface area contributed by atoms with Crippen molar-refractivity contribution < 1.29 is 32.3 Å². The number of carboxylic acids is 1. The molecule has 0 unspecified atom stereocenters. The first-order chi connectivity index (χ1) is 14.7. The Morgan fingerprint density at radius 2 is 1.68 bits per heavy atom. The van der Waals surface area contributed by atoms with Crippen LogP contribution in [0.4, 0.5) is 13.2 Å². The zero-order valence-electron chi connectivity index (χ0n) is 16.4. The van der Waals surface area contributed by atoms with Gasteiger partial charge in [0.2, 0.25) is 5.69 Å². The number of aromatic amines is 1. The molecule has 1 amide bonds. The lowest BCUT2D eigenvalue weighted by molar-refractivity contribution is -0.521. The Morgan fingerprint density at radius 1 is 1.06 bits per heavy atom. The highest BCUT2D eigenvalue weighted by Crippen LogP contribution is 2.45. The lowest BCUT2D eigenvalue weighted by Crippen LogP contribution is -2.37. The summed E-state index contributed by atoms with van der Waals surface area (Å²) in [7, 11) is 0. The third-order valence-corrected chi connectivity index (χ3v) is 5.48. The number of nitrogens with zero attached hydrogens (tertiary/aromatic N) is 1. The fourth-order valence-corrected chi connectivity index (χ4v) is 3.59. The number of hydrogen-bond donors (Lipinski definition) is 2. The Morgan fingerprint density at radius 3 is 2.23 bits per heavy atom. The largest absolute Gasteiger partial charge is 0.542 e. The number of aromatic nitrogens is 2. The summed E-state index contributed by atoms with van der Waals surface area (Å²) in [5, 5.41) is 12.1. The maximum Gasteiger partial charge on any atom is 0.430 e. The number of carbonyl (C=O) groups excluding carboxylic acids is 2. The maximum absolute atomic E-state index is 13.0. The number of halogens is 3. The molecule has 1 aromatic carbocycles. The highest BCUT2D eigenvalue weighted by atomic mass is 19.4. The van der Waals surface area contributed by atoms with Gasteiger partial charge in [0.1, 0.15) is 5.97 Å². The van der Waals surface area contributed by atoms with Crippen LogP contribution in [0.15, 0.2) is 54.7 Å². The number of nitrogens with one attached hydrogen (secondary N) is 2. The van der Waals surface area contributed by atoms with Crippen molar-refractivity contribution in [3.8, 4) is 0 Å². The summed E-state index contributed by atoms with van der Waals surface area (Å²) in [6.07, 6.45) is 1.26. The molecule has 6 nitrogen and oxygen atoms in total. The second-order valence-electron chi connectivity index (χ2n) is 7.80. The molecule has 0 spiro atoms. The highest BCUT2D eigenvalue weighted by molar-refractivity contribution is 5.98. The molecule has 2 aliphatic carbocycles. The number of H-pyrrole nitrogens is 1. The Kier molecular flexibility index (Phi) is 5.20. The molecule has 2 heterocycles. The van der Waals surface area contributed by atoms with Crippen LogP contribution in [0.2, 0.25) is 0 Å². The summed E-state index contributed by atoms with van der Waals surface area (Å²) < 4.78 is 33.7. The molecule has 2 saturated carbocycles. The van der Waals surface area contributed by atoms with E-state index in [4.69, 9.17) is 9.90 Å². The Hall–Kier alpha value is -3.36. The molecular formula is C22H20F3N3O3. The van der Waals surface area contributed by atoms with E-state index in [-0.39, 0.29) is 11.4 Å². The zero-order valence-corrected chi connectivity index (χ0v) is 16.4. The molecule has 0 saturated heterocycles. The van der Waals surface area contributed by atoms with Gasteiger partial charge in [-0.1, -0.05) is 36.4 Å². The monoisotopic (exact) mass is 431 g/mol. The van der Waals surface area contributed by atoms with Crippen LogP contribution in [0.5, 0.6) is 0 Å². The number of hydrogen-bond acceptors (Lipinski definition) is 3. The molecular weight excluding hydrogens is 411 g/mol. The molecule has 5 rings (SSSR count). The lowest BCUT2D eigenvalue weighted by atomic mass is 10.0. The number of carboxylic acid groups (broad SMARTS) is 1. The average Bonchev–Trinajstić information content (AvgIpc) is 3.67. The molecule has 0 aliphatic heterocycles. The van der Waals surface area contributed by atoms with Crippen molar-refractivity contribution in [2.45, 2.75) is 43.3 Å². The van der Waals surface area contributed by atoms with Crippen molar-refractivity contribution >= 4 is 17.4 Å². The Balaban J connectivity index is 0.000000289. The van der Waals surface area contributed by atoms with Gasteiger partial charge in [0.15, 0.2) is 5.52 Å². The van der Waals surface area contributed by atoms with Gasteiger partial charge in [-0.2, -0.15) is 17.6 Å². The third kappa shape index (κ3) is 4.40. The van der Waals surface area contributed by atoms with E-state index in [1.807, 2.05) is 42.6 Å². The fourth-order valence-electron chi connectivity index (χ4n) is 3.59. The average molecular weight is 431 g/mol. The first-order valence-electron chi connectivity index (χ1n) is 9.90. The molecule has 0 radical (unpaired) electrons. The smallest absolute Gasteiger partial charge is 0.430 e. The molecule has 2 aromatic heterocycles. The summed E-state index contributed by atoms with van der Waals surface area (Å²) in [4.78, 5) is 25.2. The standard InChI is InChI=1S/C20H19N3O.C2HF3O2/c24-19(22-20(11-12-20)15-6-2-1-3-7-15)17-16-8-4-5-13-23(16)18(21-17)14-9-10-14;3-2(4,5)1(6)7/h1-8,13-14H,9-12H2,(H,22,24);(H,6,7). The molecule has 9 heteroatoms. The van der Waals surface area contributed by atoms with Crippen molar-refractivity contribution in [2.75, 3.05) is 0 Å². The van der Waals surface area contributed by atoms with Crippen molar-refractivity contribution in [1.29, 1.82) is 0 Å². The number of aliphatic carboxylic acids is 1. The number of amides is 1. The quantitative estimate of drug-likeness (QED) is 0.622. The Bertz CT molecular complexity index is 1120. The van der Waals surface area contributed by atoms with Crippen LogP contribution in [-0.4, -0.2) is 23.0 Å². The number of imidazole rings is 1. The minimum absolute atomic E-state index is 0.00745. The number of alkyl halides is 3. The van der Waals surface area contributed by atoms with Gasteiger partial charge in [0, 0.05) is 0 Å². The van der Waals surface area contributed by atoms with E-state index >= 15 is 0 Å². The van der Waals surface area contributed by atoms with E-state index in [0.717, 1.165) is 24.2 Å². The van der Waals surface area contributed by atoms with Crippen LogP contribution >= 0.6 is 0 Å². The second-order valence-corrected chi connectivity index (χ2v) is 7.80. The molecule has 0 bridgehead atoms. The number of fused-ring (bicyclic) bond motifs is 1. The molecule has 2 N–H and O–H groups in total. The van der Waals surface area contributed by atoms with E-state index in [1.165, 1.54) is 18.4 Å². The van der Waals surface area contributed by atoms with Gasteiger partial charge in [-0.25, -0.2) is 4.98 Å². The first kappa shape index (κ1) is 20.9. The molecule has 0 atom stereocenters. The van der Waals surface area contributed by atoms with E-state index in [0.29, 0.717) is 11.6 Å². The highest BCUT2D eigenvalue weighted by Gasteiger charge is 2.47. The van der Waals surface area contributed by atoms with Gasteiger partial charge >= 0.3 is 6.18 Å². The van der Waals surface area contributed by atoms with Gasteiger partial charge in [-0.3, -0.25) is 4.79 Å². The first-order valence-corrected chi connectivity index (χ1v) is 9.90. The van der Waals surface area contributed by atoms with Crippen molar-refractivity contribution in [3.63, 3.8) is 0 Å². The van der Waals surface area contributed by atoms with Crippen molar-refractivity contribution in [1.82, 2.24) is 10.3 Å². The van der Waals surface area contributed by atoms with Crippen LogP contribution in [0.3, 0.4) is 0 Å². The van der Waals surface area contributed by atoms with Crippen molar-refractivity contribution in [3.05, 3.63) is 71.8 Å². The second kappa shape index (κ2) is 7.72. The molecule has 2 aliphatic rings. The Labute approximate surface area is 175 Å². The minimum Gasteiger partial charge on any atom is -0.542 e. The SMILES string of the molecule is O=C(NC1(c2ccccc2)CC1)c1[nH]c(C2CC2)[n+]2ccccc12.O=C([O-])C(F)(F)F. The van der Waals surface area contributed by atoms with Crippen LogP contribution in [0.25, 0.3) is 5.52 Å². The van der Waals surface area contributed by atoms with Gasteiger partial charge < -0.3 is 15.2 Å². The van der Waals surface area contributed by atoms with Gasteiger partial charge in [-0.05, 0) is 43.4 Å². The summed E-state index contributed by atoms with van der Waals surface area (Å²) in [6, 6.07) is 16.3. The predicted octanol–water partition coefficient (Wildman–Crippen LogP) is 2.35. The van der Waals surface area contributed by atoms with Gasteiger partial charge in [-0.15, -0.1) is 0 Å². The summed E-state index contributed by atoms with van der Waals surface area (Å²) in [6.45, 7) is 0. The van der Waals surface area contributed by atoms with E-state index < -0.39 is 12.1 Å². The van der Waals surface area contributed by atoms with Gasteiger partial charge in [0.25, 0.3) is 11.7 Å². The molecule has 162 valence electrons. The van der Waals surface area contributed by atoms with Crippen LogP contribution < -0.4 is 14.8 Å². The number of benzene rings is 1. The van der Waals surface area contributed by atoms with Crippen molar-refractivity contribution in [2.24, 2.45) is 0 Å².